The Bertz CT molecular complexity index is 582. The second-order valence-electron chi connectivity index (χ2n) is 7.32. The van der Waals surface area contributed by atoms with Gasteiger partial charge in [-0.2, -0.15) is 0 Å². The first-order valence-corrected chi connectivity index (χ1v) is 9.03. The van der Waals surface area contributed by atoms with Crippen LogP contribution in [0.2, 0.25) is 0 Å². The van der Waals surface area contributed by atoms with Gasteiger partial charge in [-0.3, -0.25) is 9.69 Å². The fourth-order valence-electron chi connectivity index (χ4n) is 4.34. The van der Waals surface area contributed by atoms with Crippen molar-refractivity contribution in [3.05, 3.63) is 35.4 Å². The highest BCUT2D eigenvalue weighted by atomic mass is 16.2. The monoisotopic (exact) mass is 313 g/mol. The summed E-state index contributed by atoms with van der Waals surface area (Å²) >= 11 is 0. The molecule has 0 spiro atoms. The van der Waals surface area contributed by atoms with E-state index in [9.17, 15) is 4.79 Å². The third-order valence-electron chi connectivity index (χ3n) is 5.84. The lowest BCUT2D eigenvalue weighted by Crippen LogP contribution is -2.49. The third-order valence-corrected chi connectivity index (χ3v) is 5.84. The molecule has 3 atom stereocenters. The van der Waals surface area contributed by atoms with Crippen LogP contribution in [0.4, 0.5) is 0 Å². The van der Waals surface area contributed by atoms with Crippen LogP contribution in [0.5, 0.6) is 0 Å². The van der Waals surface area contributed by atoms with E-state index in [1.165, 1.54) is 11.1 Å². The Hall–Kier alpha value is -1.39. The summed E-state index contributed by atoms with van der Waals surface area (Å²) in [6.07, 6.45) is 2.19. The van der Waals surface area contributed by atoms with E-state index in [0.717, 1.165) is 52.1 Å². The fourth-order valence-corrected chi connectivity index (χ4v) is 4.34. The van der Waals surface area contributed by atoms with Gasteiger partial charge in [-0.1, -0.05) is 24.3 Å². The lowest BCUT2D eigenvalue weighted by molar-refractivity contribution is -0.131. The summed E-state index contributed by atoms with van der Waals surface area (Å²) in [7, 11) is 0. The molecular formula is C19H27N3O. The Morgan fingerprint density at radius 1 is 1.17 bits per heavy atom. The molecule has 3 aliphatic rings. The number of carbonyl (C=O) groups excluding carboxylic acids is 1. The van der Waals surface area contributed by atoms with E-state index in [4.69, 9.17) is 0 Å². The zero-order chi connectivity index (χ0) is 15.8. The van der Waals surface area contributed by atoms with Crippen LogP contribution in [0.25, 0.3) is 0 Å². The number of hydrogen-bond acceptors (Lipinski definition) is 3. The van der Waals surface area contributed by atoms with Crippen LogP contribution >= 0.6 is 0 Å². The second-order valence-corrected chi connectivity index (χ2v) is 7.32. The van der Waals surface area contributed by atoms with Crippen molar-refractivity contribution < 1.29 is 4.79 Å². The number of carbonyl (C=O) groups is 1. The maximum Gasteiger partial charge on any atom is 0.226 e. The first kappa shape index (κ1) is 15.2. The van der Waals surface area contributed by atoms with Crippen molar-refractivity contribution in [3.63, 3.8) is 0 Å². The molecule has 3 fully saturated rings. The lowest BCUT2D eigenvalue weighted by atomic mass is 10.0. The first-order chi connectivity index (χ1) is 11.2. The smallest absolute Gasteiger partial charge is 0.226 e. The summed E-state index contributed by atoms with van der Waals surface area (Å²) in [5.41, 5.74) is 2.71. The minimum Gasteiger partial charge on any atom is -0.341 e. The molecule has 23 heavy (non-hydrogen) atoms. The number of aryl methyl sites for hydroxylation is 1. The van der Waals surface area contributed by atoms with Crippen LogP contribution in [0.15, 0.2) is 24.3 Å². The van der Waals surface area contributed by atoms with Crippen molar-refractivity contribution in [2.75, 3.05) is 39.3 Å². The number of nitrogens with zero attached hydrogens (tertiary/aromatic N) is 2. The summed E-state index contributed by atoms with van der Waals surface area (Å²) < 4.78 is 0. The zero-order valence-electron chi connectivity index (χ0n) is 14.0. The molecule has 0 bridgehead atoms. The van der Waals surface area contributed by atoms with Gasteiger partial charge in [0.2, 0.25) is 5.91 Å². The van der Waals surface area contributed by atoms with Crippen molar-refractivity contribution in [1.29, 1.82) is 0 Å². The molecule has 1 N–H and O–H groups in total. The molecule has 4 rings (SSSR count). The van der Waals surface area contributed by atoms with E-state index < -0.39 is 0 Å². The summed E-state index contributed by atoms with van der Waals surface area (Å²) in [6, 6.07) is 9.11. The highest BCUT2D eigenvalue weighted by Gasteiger charge is 2.47. The van der Waals surface area contributed by atoms with Gasteiger partial charge in [-0.05, 0) is 36.8 Å². The number of hydrogen-bond donors (Lipinski definition) is 1. The van der Waals surface area contributed by atoms with Gasteiger partial charge in [0.1, 0.15) is 0 Å². The lowest BCUT2D eigenvalue weighted by Gasteiger charge is -2.32. The average molecular weight is 313 g/mol. The van der Waals surface area contributed by atoms with Crippen molar-refractivity contribution in [3.8, 4) is 0 Å². The first-order valence-electron chi connectivity index (χ1n) is 9.03. The van der Waals surface area contributed by atoms with Gasteiger partial charge in [-0.25, -0.2) is 0 Å². The van der Waals surface area contributed by atoms with E-state index in [2.05, 4.69) is 46.3 Å². The van der Waals surface area contributed by atoms with Gasteiger partial charge in [-0.15, -0.1) is 0 Å². The minimum absolute atomic E-state index is 0.234. The van der Waals surface area contributed by atoms with Crippen LogP contribution in [0.1, 0.15) is 29.9 Å². The van der Waals surface area contributed by atoms with Crippen molar-refractivity contribution in [1.82, 2.24) is 15.1 Å². The van der Waals surface area contributed by atoms with Crippen LogP contribution < -0.4 is 5.32 Å². The van der Waals surface area contributed by atoms with Crippen LogP contribution in [-0.2, 0) is 4.79 Å². The number of piperazine rings is 1. The standard InChI is InChI=1S/C19H27N3O/c1-14-4-2-3-5-16(14)17-12-18(17)19(23)22-9-6-15(13-22)21-10-7-20-8-11-21/h2-5,15,17-18,20H,6-13H2,1H3. The van der Waals surface area contributed by atoms with Gasteiger partial charge < -0.3 is 10.2 Å². The quantitative estimate of drug-likeness (QED) is 0.921. The van der Waals surface area contributed by atoms with Crippen molar-refractivity contribution >= 4 is 5.91 Å². The van der Waals surface area contributed by atoms with Gasteiger partial charge in [0.05, 0.1) is 0 Å². The molecule has 2 saturated heterocycles. The highest BCUT2D eigenvalue weighted by Crippen LogP contribution is 2.49. The SMILES string of the molecule is Cc1ccccc1C1CC1C(=O)N1CCC(N2CCNCC2)C1. The summed E-state index contributed by atoms with van der Waals surface area (Å²) in [5.74, 6) is 1.09. The number of benzene rings is 1. The molecule has 1 aromatic rings. The maximum absolute atomic E-state index is 12.8. The Balaban J connectivity index is 1.35. The average Bonchev–Trinajstić information content (AvgIpc) is 3.22. The van der Waals surface area contributed by atoms with E-state index >= 15 is 0 Å². The molecule has 4 heteroatoms. The van der Waals surface area contributed by atoms with Crippen LogP contribution in [0, 0.1) is 12.8 Å². The number of likely N-dealkylation sites (tertiary alicyclic amines) is 1. The normalized spacial score (nSPS) is 31.3. The molecule has 3 unspecified atom stereocenters. The van der Waals surface area contributed by atoms with E-state index in [1.807, 2.05) is 0 Å². The molecular weight excluding hydrogens is 286 g/mol. The molecule has 4 nitrogen and oxygen atoms in total. The molecule has 1 amide bonds. The van der Waals surface area contributed by atoms with Gasteiger partial charge in [0.15, 0.2) is 0 Å². The Morgan fingerprint density at radius 2 is 1.96 bits per heavy atom. The molecule has 1 aliphatic carbocycles. The Labute approximate surface area is 138 Å². The number of rotatable bonds is 3. The Morgan fingerprint density at radius 3 is 2.74 bits per heavy atom. The third kappa shape index (κ3) is 3.02. The molecule has 0 radical (unpaired) electrons. The topological polar surface area (TPSA) is 35.6 Å². The van der Waals surface area contributed by atoms with E-state index in [1.54, 1.807) is 0 Å². The molecule has 124 valence electrons. The van der Waals surface area contributed by atoms with Gasteiger partial charge >= 0.3 is 0 Å². The van der Waals surface area contributed by atoms with Gasteiger partial charge in [0, 0.05) is 51.2 Å². The maximum atomic E-state index is 12.8. The highest BCUT2D eigenvalue weighted by molar-refractivity contribution is 5.83. The zero-order valence-corrected chi connectivity index (χ0v) is 14.0. The molecule has 0 aromatic heterocycles. The van der Waals surface area contributed by atoms with Crippen LogP contribution in [0.3, 0.4) is 0 Å². The van der Waals surface area contributed by atoms with E-state index in [0.29, 0.717) is 17.9 Å². The molecule has 2 aliphatic heterocycles. The molecule has 2 heterocycles. The molecule has 1 aromatic carbocycles. The van der Waals surface area contributed by atoms with Gasteiger partial charge in [0.25, 0.3) is 0 Å². The summed E-state index contributed by atoms with van der Waals surface area (Å²) in [6.45, 7) is 8.47. The second kappa shape index (κ2) is 6.25. The van der Waals surface area contributed by atoms with Crippen LogP contribution in [-0.4, -0.2) is 61.0 Å². The number of nitrogens with one attached hydrogen (secondary N) is 1. The van der Waals surface area contributed by atoms with E-state index in [-0.39, 0.29) is 5.92 Å². The summed E-state index contributed by atoms with van der Waals surface area (Å²) in [5, 5.41) is 3.41. The Kier molecular flexibility index (Phi) is 4.12. The largest absolute Gasteiger partial charge is 0.341 e. The van der Waals surface area contributed by atoms with Crippen molar-refractivity contribution in [2.24, 2.45) is 5.92 Å². The predicted octanol–water partition coefficient (Wildman–Crippen LogP) is 1.60. The summed E-state index contributed by atoms with van der Waals surface area (Å²) in [4.78, 5) is 17.5. The number of amides is 1. The predicted molar refractivity (Wildman–Crippen MR) is 91.5 cm³/mol. The fraction of sp³-hybridized carbons (Fsp3) is 0.632. The van der Waals surface area contributed by atoms with Crippen molar-refractivity contribution in [2.45, 2.75) is 31.7 Å². The minimum atomic E-state index is 0.234. The molecule has 1 saturated carbocycles.